The summed E-state index contributed by atoms with van der Waals surface area (Å²) in [7, 11) is 0. The third-order valence-electron chi connectivity index (χ3n) is 12.7. The predicted octanol–water partition coefficient (Wildman–Crippen LogP) is 17.3. The van der Waals surface area contributed by atoms with Gasteiger partial charge in [-0.3, -0.25) is 0 Å². The summed E-state index contributed by atoms with van der Waals surface area (Å²) in [5.41, 5.74) is 20.2. The van der Waals surface area contributed by atoms with Gasteiger partial charge in [-0.2, -0.15) is 0 Å². The predicted molar refractivity (Wildman–Crippen MR) is 274 cm³/mol. The number of allylic oxidation sites excluding steroid dienone is 4. The van der Waals surface area contributed by atoms with E-state index in [0.717, 1.165) is 41.2 Å². The molecule has 1 heterocycles. The van der Waals surface area contributed by atoms with Gasteiger partial charge >= 0.3 is 0 Å². The Bertz CT molecular complexity index is 3320. The van der Waals surface area contributed by atoms with Gasteiger partial charge in [0.2, 0.25) is 0 Å². The first kappa shape index (κ1) is 38.7. The Morgan fingerprint density at radius 2 is 0.812 bits per heavy atom. The van der Waals surface area contributed by atoms with Gasteiger partial charge in [0.1, 0.15) is 0 Å². The topological polar surface area (TPSA) is 8.17 Å². The lowest BCUT2D eigenvalue weighted by Crippen LogP contribution is -2.10. The van der Waals surface area contributed by atoms with Crippen LogP contribution in [0.5, 0.6) is 0 Å². The van der Waals surface area contributed by atoms with Crippen molar-refractivity contribution in [1.82, 2.24) is 4.57 Å². The van der Waals surface area contributed by atoms with Crippen LogP contribution >= 0.6 is 0 Å². The van der Waals surface area contributed by atoms with Crippen molar-refractivity contribution in [2.24, 2.45) is 0 Å². The van der Waals surface area contributed by atoms with Crippen molar-refractivity contribution in [1.29, 1.82) is 0 Å². The first-order valence-corrected chi connectivity index (χ1v) is 22.2. The van der Waals surface area contributed by atoms with Crippen molar-refractivity contribution in [2.45, 2.75) is 12.8 Å². The highest BCUT2D eigenvalue weighted by Crippen LogP contribution is 2.40. The molecule has 64 heavy (non-hydrogen) atoms. The van der Waals surface area contributed by atoms with Gasteiger partial charge < -0.3 is 9.47 Å². The smallest absolute Gasteiger partial charge is 0.0541 e. The summed E-state index contributed by atoms with van der Waals surface area (Å²) in [4.78, 5) is 2.35. The highest BCUT2D eigenvalue weighted by Gasteiger charge is 2.17. The molecule has 304 valence electrons. The quantitative estimate of drug-likeness (QED) is 0.133. The van der Waals surface area contributed by atoms with Crippen LogP contribution in [0.4, 0.5) is 17.1 Å². The Morgan fingerprint density at radius 3 is 1.28 bits per heavy atom. The van der Waals surface area contributed by atoms with Crippen LogP contribution in [-0.2, 0) is 0 Å². The lowest BCUT2D eigenvalue weighted by molar-refractivity contribution is 1.05. The second-order valence-electron chi connectivity index (χ2n) is 16.5. The maximum atomic E-state index is 3.94. The maximum Gasteiger partial charge on any atom is 0.0541 e. The molecule has 1 aliphatic rings. The molecule has 0 bridgehead atoms. The van der Waals surface area contributed by atoms with Gasteiger partial charge in [0, 0.05) is 33.5 Å². The van der Waals surface area contributed by atoms with E-state index in [1.807, 2.05) is 6.08 Å². The molecule has 0 amide bonds. The second-order valence-corrected chi connectivity index (χ2v) is 16.5. The zero-order valence-corrected chi connectivity index (χ0v) is 35.6. The number of para-hydroxylation sites is 1. The van der Waals surface area contributed by atoms with Crippen LogP contribution in [-0.4, -0.2) is 4.57 Å². The fraction of sp³-hybridized carbons (Fsp3) is 0.0323. The van der Waals surface area contributed by atoms with E-state index >= 15 is 0 Å². The molecule has 0 N–H and O–H groups in total. The van der Waals surface area contributed by atoms with Gasteiger partial charge in [-0.05, 0) is 147 Å². The van der Waals surface area contributed by atoms with Crippen molar-refractivity contribution in [3.63, 3.8) is 0 Å². The third kappa shape index (κ3) is 7.46. The molecule has 0 aliphatic heterocycles. The van der Waals surface area contributed by atoms with Crippen LogP contribution in [0.2, 0.25) is 0 Å². The van der Waals surface area contributed by atoms with Crippen LogP contribution in [0.1, 0.15) is 24.0 Å². The maximum absolute atomic E-state index is 3.94. The lowest BCUT2D eigenvalue weighted by atomic mass is 9.97. The molecule has 1 aromatic heterocycles. The molecule has 2 nitrogen and oxygen atoms in total. The summed E-state index contributed by atoms with van der Waals surface area (Å²) in [6.45, 7) is 3.94. The normalized spacial score (nSPS) is 12.3. The SMILES string of the molecule is C=Cc1ccc(-c2ccc3c(c2)c2cc(-c4ccc(-c5ccc(N(c6ccc(C7=CC=CCC7)cc6)c6ccc(-c7ccccc7)cc6)cc5)cc4)ccc2n3-c2ccccc2)cc1. The molecular formula is C62H46N2. The molecule has 0 spiro atoms. The molecule has 0 radical (unpaired) electrons. The minimum Gasteiger partial charge on any atom is -0.311 e. The molecule has 11 rings (SSSR count). The van der Waals surface area contributed by atoms with Crippen LogP contribution in [0, 0.1) is 0 Å². The van der Waals surface area contributed by atoms with Gasteiger partial charge in [0.05, 0.1) is 11.0 Å². The van der Waals surface area contributed by atoms with Gasteiger partial charge in [-0.15, -0.1) is 0 Å². The molecule has 0 fully saturated rings. The van der Waals surface area contributed by atoms with Gasteiger partial charge in [-0.25, -0.2) is 0 Å². The average Bonchev–Trinajstić information content (AvgIpc) is 3.71. The van der Waals surface area contributed by atoms with Crippen LogP contribution in [0.25, 0.3) is 83.6 Å². The van der Waals surface area contributed by atoms with Gasteiger partial charge in [0.15, 0.2) is 0 Å². The third-order valence-corrected chi connectivity index (χ3v) is 12.7. The molecule has 0 unspecified atom stereocenters. The second kappa shape index (κ2) is 16.9. The molecule has 0 atom stereocenters. The van der Waals surface area contributed by atoms with E-state index < -0.39 is 0 Å². The minimum atomic E-state index is 1.08. The Labute approximate surface area is 375 Å². The molecule has 0 saturated heterocycles. The van der Waals surface area contributed by atoms with Gasteiger partial charge in [0.25, 0.3) is 0 Å². The average molecular weight is 819 g/mol. The van der Waals surface area contributed by atoms with E-state index in [-0.39, 0.29) is 0 Å². The van der Waals surface area contributed by atoms with E-state index in [4.69, 9.17) is 0 Å². The van der Waals surface area contributed by atoms with Crippen molar-refractivity contribution >= 4 is 50.5 Å². The lowest BCUT2D eigenvalue weighted by Gasteiger charge is -2.26. The largest absolute Gasteiger partial charge is 0.311 e. The summed E-state index contributed by atoms with van der Waals surface area (Å²) < 4.78 is 2.38. The molecule has 9 aromatic carbocycles. The summed E-state index contributed by atoms with van der Waals surface area (Å²) >= 11 is 0. The Morgan fingerprint density at radius 1 is 0.406 bits per heavy atom. The van der Waals surface area contributed by atoms with Crippen molar-refractivity contribution in [3.8, 4) is 50.2 Å². The van der Waals surface area contributed by atoms with Crippen molar-refractivity contribution < 1.29 is 0 Å². The first-order valence-electron chi connectivity index (χ1n) is 22.2. The number of hydrogen-bond donors (Lipinski definition) is 0. The highest BCUT2D eigenvalue weighted by molar-refractivity contribution is 6.11. The van der Waals surface area contributed by atoms with Crippen LogP contribution in [0.3, 0.4) is 0 Å². The fourth-order valence-electron chi connectivity index (χ4n) is 9.26. The number of rotatable bonds is 10. The number of benzene rings is 9. The zero-order chi connectivity index (χ0) is 42.8. The fourth-order valence-corrected chi connectivity index (χ4v) is 9.26. The van der Waals surface area contributed by atoms with E-state index in [1.54, 1.807) is 0 Å². The van der Waals surface area contributed by atoms with E-state index in [1.165, 1.54) is 77.5 Å². The van der Waals surface area contributed by atoms with E-state index in [0.29, 0.717) is 0 Å². The molecule has 0 saturated carbocycles. The summed E-state index contributed by atoms with van der Waals surface area (Å²) in [6, 6.07) is 79.6. The van der Waals surface area contributed by atoms with Crippen molar-refractivity contribution in [3.05, 3.63) is 254 Å². The number of nitrogens with zero attached hydrogens (tertiary/aromatic N) is 2. The zero-order valence-electron chi connectivity index (χ0n) is 35.6. The monoisotopic (exact) mass is 818 g/mol. The summed E-state index contributed by atoms with van der Waals surface area (Å²) in [6.07, 6.45) is 10.7. The Kier molecular flexibility index (Phi) is 10.2. The van der Waals surface area contributed by atoms with Gasteiger partial charge in [-0.1, -0.05) is 176 Å². The molecule has 2 heteroatoms. The molecular weight excluding hydrogens is 773 g/mol. The summed E-state index contributed by atoms with van der Waals surface area (Å²) in [5.74, 6) is 0. The standard InChI is InChI=1S/C62H46N2/c1-2-44-18-20-51(21-19-44)53-32-40-61-59(42-53)60-43-54(33-41-62(60)64(61)55-16-10-5-11-17-55)52-24-22-47(23-25-52)50-30-38-58(39-31-50)63(56-34-26-48(27-35-56)45-12-6-3-7-13-45)57-36-28-49(29-37-57)46-14-8-4-9-15-46/h2-8,10-14,16-43H,1,9,15H2. The summed E-state index contributed by atoms with van der Waals surface area (Å²) in [5, 5.41) is 2.47. The molecule has 1 aliphatic carbocycles. The molecule has 10 aromatic rings. The number of aromatic nitrogens is 1. The Balaban J connectivity index is 0.913. The number of fused-ring (bicyclic) bond motifs is 3. The minimum absolute atomic E-state index is 1.08. The van der Waals surface area contributed by atoms with E-state index in [2.05, 4.69) is 253 Å². The Hall–Kier alpha value is -8.20. The number of anilines is 3. The highest BCUT2D eigenvalue weighted by atomic mass is 15.1. The van der Waals surface area contributed by atoms with Crippen LogP contribution < -0.4 is 4.90 Å². The van der Waals surface area contributed by atoms with Crippen LogP contribution in [0.15, 0.2) is 243 Å². The van der Waals surface area contributed by atoms with E-state index in [9.17, 15) is 0 Å². The first-order chi connectivity index (χ1) is 31.7. The van der Waals surface area contributed by atoms with Crippen molar-refractivity contribution in [2.75, 3.05) is 4.90 Å². The number of hydrogen-bond acceptors (Lipinski definition) is 1.